The van der Waals surface area contributed by atoms with E-state index in [-0.39, 0.29) is 17.7 Å². The van der Waals surface area contributed by atoms with Gasteiger partial charge >= 0.3 is 0 Å². The lowest BCUT2D eigenvalue weighted by Crippen LogP contribution is -2.32. The summed E-state index contributed by atoms with van der Waals surface area (Å²) in [4.78, 5) is 41.2. The van der Waals surface area contributed by atoms with E-state index in [4.69, 9.17) is 22.1 Å². The number of rotatable bonds is 9. The molecule has 2 aromatic carbocycles. The van der Waals surface area contributed by atoms with Crippen molar-refractivity contribution in [3.8, 4) is 5.75 Å². The van der Waals surface area contributed by atoms with Gasteiger partial charge in [0.2, 0.25) is 0 Å². The number of carbonyl (C=O) groups is 3. The number of anilines is 1. The number of fused-ring (bicyclic) bond motifs is 1. The maximum absolute atomic E-state index is 12.6. The van der Waals surface area contributed by atoms with Gasteiger partial charge in [-0.3, -0.25) is 19.3 Å². The van der Waals surface area contributed by atoms with E-state index in [1.165, 1.54) is 18.1 Å². The molecule has 2 aromatic rings. The van der Waals surface area contributed by atoms with Crippen LogP contribution in [0.1, 0.15) is 50.3 Å². The Labute approximate surface area is 204 Å². The second-order valence-corrected chi connectivity index (χ2v) is 9.16. The highest BCUT2D eigenvalue weighted by molar-refractivity contribution is 6.33. The Morgan fingerprint density at radius 2 is 1.82 bits per heavy atom. The van der Waals surface area contributed by atoms with E-state index in [9.17, 15) is 14.4 Å². The molecule has 2 aliphatic heterocycles. The van der Waals surface area contributed by atoms with E-state index >= 15 is 0 Å². The number of hydrogen-bond acceptors (Lipinski definition) is 6. The molecule has 1 fully saturated rings. The number of nitrogen functional groups attached to an aromatic ring is 1. The number of benzene rings is 2. The summed E-state index contributed by atoms with van der Waals surface area (Å²) in [7, 11) is 1.49. The molecule has 0 bridgehead atoms. The molecule has 0 spiro atoms. The number of carbonyl (C=O) groups excluding carboxylic acids is 3. The van der Waals surface area contributed by atoms with Crippen LogP contribution in [0.2, 0.25) is 5.02 Å². The molecule has 3 amide bonds. The number of nitrogens with zero attached hydrogens (tertiary/aromatic N) is 2. The van der Waals surface area contributed by atoms with E-state index in [2.05, 4.69) is 10.2 Å². The van der Waals surface area contributed by atoms with Crippen molar-refractivity contribution in [1.82, 2.24) is 15.1 Å². The first-order chi connectivity index (χ1) is 16.4. The van der Waals surface area contributed by atoms with Crippen molar-refractivity contribution in [1.29, 1.82) is 0 Å². The van der Waals surface area contributed by atoms with Crippen molar-refractivity contribution in [3.63, 3.8) is 0 Å². The first-order valence-electron chi connectivity index (χ1n) is 11.5. The molecule has 1 saturated heterocycles. The lowest BCUT2D eigenvalue weighted by atomic mass is 10.1. The van der Waals surface area contributed by atoms with E-state index in [1.54, 1.807) is 30.3 Å². The van der Waals surface area contributed by atoms with Gasteiger partial charge in [0.05, 0.1) is 34.5 Å². The fourth-order valence-corrected chi connectivity index (χ4v) is 4.74. The monoisotopic (exact) mass is 484 g/mol. The maximum atomic E-state index is 12.6. The van der Waals surface area contributed by atoms with Gasteiger partial charge in [-0.15, -0.1) is 0 Å². The van der Waals surface area contributed by atoms with Crippen LogP contribution in [0.15, 0.2) is 36.4 Å². The molecule has 9 heteroatoms. The molecule has 1 atom stereocenters. The number of amides is 3. The summed E-state index contributed by atoms with van der Waals surface area (Å²) in [5, 5.41) is 3.30. The molecule has 2 heterocycles. The SMILES string of the molecule is COc1cc(N)c(Cl)cc1C(=O)NCC1CCN(CCCCN2C(=O)c3ccccc3C2=O)C1. The molecule has 0 aromatic heterocycles. The van der Waals surface area contributed by atoms with E-state index in [0.29, 0.717) is 52.2 Å². The van der Waals surface area contributed by atoms with Gasteiger partial charge in [0.15, 0.2) is 0 Å². The van der Waals surface area contributed by atoms with Gasteiger partial charge in [-0.05, 0) is 56.5 Å². The van der Waals surface area contributed by atoms with E-state index < -0.39 is 0 Å². The summed E-state index contributed by atoms with van der Waals surface area (Å²) < 4.78 is 5.26. The zero-order chi connectivity index (χ0) is 24.2. The average Bonchev–Trinajstić information content (AvgIpc) is 3.39. The zero-order valence-electron chi connectivity index (χ0n) is 19.2. The van der Waals surface area contributed by atoms with Gasteiger partial charge in [0.25, 0.3) is 17.7 Å². The van der Waals surface area contributed by atoms with Gasteiger partial charge in [-0.25, -0.2) is 0 Å². The largest absolute Gasteiger partial charge is 0.496 e. The fraction of sp³-hybridized carbons (Fsp3) is 0.400. The zero-order valence-corrected chi connectivity index (χ0v) is 19.9. The summed E-state index contributed by atoms with van der Waals surface area (Å²) in [6.45, 7) is 3.76. The molecule has 0 aliphatic carbocycles. The van der Waals surface area contributed by atoms with Gasteiger partial charge in [-0.1, -0.05) is 23.7 Å². The Morgan fingerprint density at radius 3 is 2.50 bits per heavy atom. The molecule has 8 nitrogen and oxygen atoms in total. The number of nitrogens with two attached hydrogens (primary N) is 1. The van der Waals surface area contributed by atoms with Crippen LogP contribution in [-0.4, -0.2) is 67.4 Å². The van der Waals surface area contributed by atoms with Crippen LogP contribution >= 0.6 is 11.6 Å². The average molecular weight is 485 g/mol. The standard InChI is InChI=1S/C25H29ClN4O4/c1-34-22-13-21(27)20(26)12-19(22)23(31)28-14-16-8-11-29(15-16)9-4-5-10-30-24(32)17-6-2-3-7-18(17)25(30)33/h2-3,6-7,12-13,16H,4-5,8-11,14-15,27H2,1H3,(H,28,31). The third kappa shape index (κ3) is 5.03. The normalized spacial score (nSPS) is 17.8. The third-order valence-electron chi connectivity index (χ3n) is 6.47. The highest BCUT2D eigenvalue weighted by Crippen LogP contribution is 2.29. The Kier molecular flexibility index (Phi) is 7.38. The molecular weight excluding hydrogens is 456 g/mol. The third-order valence-corrected chi connectivity index (χ3v) is 6.80. The number of halogens is 1. The molecule has 4 rings (SSSR count). The first-order valence-corrected chi connectivity index (χ1v) is 11.9. The van der Waals surface area contributed by atoms with E-state index in [0.717, 1.165) is 38.9 Å². The van der Waals surface area contributed by atoms with Gasteiger partial charge in [-0.2, -0.15) is 0 Å². The summed E-state index contributed by atoms with van der Waals surface area (Å²) in [6.07, 6.45) is 2.66. The van der Waals surface area contributed by atoms with Gasteiger partial charge in [0, 0.05) is 25.7 Å². The summed E-state index contributed by atoms with van der Waals surface area (Å²) in [6, 6.07) is 10.0. The molecular formula is C25H29ClN4O4. The molecule has 180 valence electrons. The number of imide groups is 1. The summed E-state index contributed by atoms with van der Waals surface area (Å²) in [5.74, 6) is 0.118. The van der Waals surface area contributed by atoms with Crippen molar-refractivity contribution in [2.75, 3.05) is 45.6 Å². The van der Waals surface area contributed by atoms with Crippen molar-refractivity contribution in [2.24, 2.45) is 5.92 Å². The van der Waals surface area contributed by atoms with Crippen molar-refractivity contribution >= 4 is 35.0 Å². The van der Waals surface area contributed by atoms with Gasteiger partial charge < -0.3 is 20.7 Å². The van der Waals surface area contributed by atoms with Crippen LogP contribution in [0.5, 0.6) is 5.75 Å². The topological polar surface area (TPSA) is 105 Å². The number of unbranched alkanes of at least 4 members (excludes halogenated alkanes) is 1. The van der Waals surface area contributed by atoms with E-state index in [1.807, 2.05) is 0 Å². The van der Waals surface area contributed by atoms with Gasteiger partial charge in [0.1, 0.15) is 5.75 Å². The number of likely N-dealkylation sites (tertiary alicyclic amines) is 1. The predicted molar refractivity (Wildman–Crippen MR) is 130 cm³/mol. The van der Waals surface area contributed by atoms with Crippen LogP contribution in [0, 0.1) is 5.92 Å². The van der Waals surface area contributed by atoms with Crippen molar-refractivity contribution < 1.29 is 19.1 Å². The number of ether oxygens (including phenoxy) is 1. The highest BCUT2D eigenvalue weighted by atomic mass is 35.5. The minimum absolute atomic E-state index is 0.198. The highest BCUT2D eigenvalue weighted by Gasteiger charge is 2.34. The second-order valence-electron chi connectivity index (χ2n) is 8.75. The fourth-order valence-electron chi connectivity index (χ4n) is 4.58. The summed E-state index contributed by atoms with van der Waals surface area (Å²) in [5.41, 5.74) is 7.51. The van der Waals surface area contributed by atoms with Crippen LogP contribution < -0.4 is 15.8 Å². The van der Waals surface area contributed by atoms with Crippen molar-refractivity contribution in [2.45, 2.75) is 19.3 Å². The Hall–Kier alpha value is -3.10. The Bertz CT molecular complexity index is 1070. The molecule has 0 radical (unpaired) electrons. The van der Waals surface area contributed by atoms with Crippen LogP contribution in [0.3, 0.4) is 0 Å². The number of hydrogen-bond donors (Lipinski definition) is 2. The Balaban J connectivity index is 1.18. The molecule has 3 N–H and O–H groups in total. The molecule has 0 saturated carbocycles. The van der Waals surface area contributed by atoms with Crippen LogP contribution in [-0.2, 0) is 0 Å². The molecule has 1 unspecified atom stereocenters. The van der Waals surface area contributed by atoms with Crippen molar-refractivity contribution in [3.05, 3.63) is 58.1 Å². The number of nitrogens with one attached hydrogen (secondary N) is 1. The lowest BCUT2D eigenvalue weighted by Gasteiger charge is -2.18. The lowest BCUT2D eigenvalue weighted by molar-refractivity contribution is 0.0650. The molecule has 2 aliphatic rings. The summed E-state index contributed by atoms with van der Waals surface area (Å²) >= 11 is 6.07. The minimum Gasteiger partial charge on any atom is -0.496 e. The maximum Gasteiger partial charge on any atom is 0.261 e. The van der Waals surface area contributed by atoms with Crippen LogP contribution in [0.4, 0.5) is 5.69 Å². The number of methoxy groups -OCH3 is 1. The molecule has 34 heavy (non-hydrogen) atoms. The first kappa shape index (κ1) is 24.0. The smallest absolute Gasteiger partial charge is 0.261 e. The Morgan fingerprint density at radius 1 is 1.15 bits per heavy atom. The predicted octanol–water partition coefficient (Wildman–Crippen LogP) is 3.06. The quantitative estimate of drug-likeness (QED) is 0.322. The van der Waals surface area contributed by atoms with Crippen LogP contribution in [0.25, 0.3) is 0 Å². The second kappa shape index (κ2) is 10.4. The minimum atomic E-state index is -0.238.